The third kappa shape index (κ3) is 2.64. The van der Waals surface area contributed by atoms with E-state index in [0.29, 0.717) is 23.5 Å². The predicted octanol–water partition coefficient (Wildman–Crippen LogP) is 2.07. The number of amides is 1. The molecule has 1 aromatic carbocycles. The van der Waals surface area contributed by atoms with Gasteiger partial charge in [0, 0.05) is 30.4 Å². The van der Waals surface area contributed by atoms with Gasteiger partial charge < -0.3 is 15.4 Å². The van der Waals surface area contributed by atoms with Gasteiger partial charge in [-0.15, -0.1) is 0 Å². The number of carbonyl (C=O) groups is 1. The number of nitrogens with zero attached hydrogens (tertiary/aromatic N) is 1. The number of nitrogens with two attached hydrogens (primary N) is 1. The third-order valence-electron chi connectivity index (χ3n) is 3.13. The first-order valence-electron chi connectivity index (χ1n) is 5.99. The molecule has 0 spiro atoms. The van der Waals surface area contributed by atoms with Crippen LogP contribution >= 0.6 is 0 Å². The standard InChI is InChI=1S/C14H18N2O2/c1-10-3-5-16(6-4-10)14(17)11-7-12(15)9-13(8-11)18-2/h3,7-9H,4-6,15H2,1-2H3. The number of carbonyl (C=O) groups excluding carboxylic acids is 1. The molecule has 0 unspecified atom stereocenters. The number of nitrogen functional groups attached to an aromatic ring is 1. The second-order valence-corrected chi connectivity index (χ2v) is 4.55. The molecular formula is C14H18N2O2. The highest BCUT2D eigenvalue weighted by molar-refractivity contribution is 5.95. The van der Waals surface area contributed by atoms with E-state index < -0.39 is 0 Å². The van der Waals surface area contributed by atoms with Crippen LogP contribution in [0.1, 0.15) is 23.7 Å². The van der Waals surface area contributed by atoms with Crippen LogP contribution in [0.25, 0.3) is 0 Å². The molecule has 0 saturated heterocycles. The summed E-state index contributed by atoms with van der Waals surface area (Å²) >= 11 is 0. The first kappa shape index (κ1) is 12.5. The summed E-state index contributed by atoms with van der Waals surface area (Å²) in [7, 11) is 1.57. The molecule has 0 atom stereocenters. The quantitative estimate of drug-likeness (QED) is 0.642. The molecule has 0 aliphatic carbocycles. The van der Waals surface area contributed by atoms with Crippen LogP contribution in [0.3, 0.4) is 0 Å². The summed E-state index contributed by atoms with van der Waals surface area (Å²) in [5.74, 6) is 0.617. The minimum atomic E-state index is 0.00403. The highest BCUT2D eigenvalue weighted by Crippen LogP contribution is 2.21. The van der Waals surface area contributed by atoms with E-state index in [9.17, 15) is 4.79 Å². The summed E-state index contributed by atoms with van der Waals surface area (Å²) in [6.45, 7) is 3.52. The Bertz CT molecular complexity index is 495. The maximum Gasteiger partial charge on any atom is 0.254 e. The van der Waals surface area contributed by atoms with Crippen LogP contribution in [0.15, 0.2) is 29.8 Å². The van der Waals surface area contributed by atoms with Gasteiger partial charge in [-0.1, -0.05) is 11.6 Å². The van der Waals surface area contributed by atoms with Crippen LogP contribution in [0.5, 0.6) is 5.75 Å². The van der Waals surface area contributed by atoms with Crippen LogP contribution in [-0.2, 0) is 0 Å². The Morgan fingerprint density at radius 3 is 2.78 bits per heavy atom. The van der Waals surface area contributed by atoms with Crippen LogP contribution in [0.2, 0.25) is 0 Å². The van der Waals surface area contributed by atoms with Gasteiger partial charge in [0.1, 0.15) is 5.75 Å². The van der Waals surface area contributed by atoms with Crippen LogP contribution in [0, 0.1) is 0 Å². The Kier molecular flexibility index (Phi) is 3.55. The summed E-state index contributed by atoms with van der Waals surface area (Å²) in [6.07, 6.45) is 3.02. The Labute approximate surface area is 107 Å². The summed E-state index contributed by atoms with van der Waals surface area (Å²) in [6, 6.07) is 5.12. The van der Waals surface area contributed by atoms with Gasteiger partial charge in [0.15, 0.2) is 0 Å². The third-order valence-corrected chi connectivity index (χ3v) is 3.13. The van der Waals surface area contributed by atoms with Gasteiger partial charge in [-0.05, 0) is 25.5 Å². The van der Waals surface area contributed by atoms with Crippen molar-refractivity contribution in [1.29, 1.82) is 0 Å². The molecule has 4 nitrogen and oxygen atoms in total. The van der Waals surface area contributed by atoms with E-state index in [4.69, 9.17) is 10.5 Å². The summed E-state index contributed by atoms with van der Waals surface area (Å²) in [4.78, 5) is 14.1. The van der Waals surface area contributed by atoms with Gasteiger partial charge >= 0.3 is 0 Å². The highest BCUT2D eigenvalue weighted by atomic mass is 16.5. The normalized spacial score (nSPS) is 15.2. The minimum Gasteiger partial charge on any atom is -0.497 e. The van der Waals surface area contributed by atoms with E-state index in [1.54, 1.807) is 25.3 Å². The molecule has 1 aromatic rings. The Hall–Kier alpha value is -1.97. The number of hydrogen-bond acceptors (Lipinski definition) is 3. The Morgan fingerprint density at radius 1 is 1.39 bits per heavy atom. The molecule has 1 amide bonds. The van der Waals surface area contributed by atoms with Crippen molar-refractivity contribution < 1.29 is 9.53 Å². The number of methoxy groups -OCH3 is 1. The van der Waals surface area contributed by atoms with Crippen LogP contribution in [-0.4, -0.2) is 31.0 Å². The number of ether oxygens (including phenoxy) is 1. The summed E-state index contributed by atoms with van der Waals surface area (Å²) in [5, 5.41) is 0. The van der Waals surface area contributed by atoms with Crippen molar-refractivity contribution in [1.82, 2.24) is 4.90 Å². The molecule has 2 N–H and O–H groups in total. The number of hydrogen-bond donors (Lipinski definition) is 1. The van der Waals surface area contributed by atoms with Crippen LogP contribution < -0.4 is 10.5 Å². The fourth-order valence-corrected chi connectivity index (χ4v) is 2.00. The minimum absolute atomic E-state index is 0.00403. The van der Waals surface area contributed by atoms with Crippen molar-refractivity contribution >= 4 is 11.6 Å². The molecular weight excluding hydrogens is 228 g/mol. The molecule has 0 radical (unpaired) electrons. The second-order valence-electron chi connectivity index (χ2n) is 4.55. The maximum absolute atomic E-state index is 12.3. The first-order valence-corrected chi connectivity index (χ1v) is 5.99. The van der Waals surface area contributed by atoms with Gasteiger partial charge in [0.05, 0.1) is 7.11 Å². The van der Waals surface area contributed by atoms with Gasteiger partial charge in [0.2, 0.25) is 0 Å². The van der Waals surface area contributed by atoms with E-state index in [2.05, 4.69) is 13.0 Å². The lowest BCUT2D eigenvalue weighted by Crippen LogP contribution is -2.34. The average molecular weight is 246 g/mol. The van der Waals surface area contributed by atoms with Gasteiger partial charge in [-0.3, -0.25) is 4.79 Å². The first-order chi connectivity index (χ1) is 8.60. The van der Waals surface area contributed by atoms with Crippen molar-refractivity contribution in [3.63, 3.8) is 0 Å². The van der Waals surface area contributed by atoms with Crippen molar-refractivity contribution in [3.8, 4) is 5.75 Å². The van der Waals surface area contributed by atoms with Gasteiger partial charge in [-0.25, -0.2) is 0 Å². The molecule has 96 valence electrons. The fourth-order valence-electron chi connectivity index (χ4n) is 2.00. The Balaban J connectivity index is 2.21. The predicted molar refractivity (Wildman–Crippen MR) is 71.7 cm³/mol. The topological polar surface area (TPSA) is 55.6 Å². The van der Waals surface area contributed by atoms with Crippen LogP contribution in [0.4, 0.5) is 5.69 Å². The molecule has 0 bridgehead atoms. The van der Waals surface area contributed by atoms with Crippen molar-refractivity contribution in [2.75, 3.05) is 25.9 Å². The van der Waals surface area contributed by atoms with Crippen molar-refractivity contribution in [3.05, 3.63) is 35.4 Å². The molecule has 1 aliphatic rings. The SMILES string of the molecule is COc1cc(N)cc(C(=O)N2CC=C(C)CC2)c1. The molecule has 4 heteroatoms. The lowest BCUT2D eigenvalue weighted by molar-refractivity contribution is 0.0768. The maximum atomic E-state index is 12.3. The molecule has 1 aliphatic heterocycles. The van der Waals surface area contributed by atoms with E-state index in [1.165, 1.54) is 5.57 Å². The summed E-state index contributed by atoms with van der Waals surface area (Å²) < 4.78 is 5.13. The largest absolute Gasteiger partial charge is 0.497 e. The lowest BCUT2D eigenvalue weighted by Gasteiger charge is -2.25. The molecule has 0 aromatic heterocycles. The summed E-state index contributed by atoms with van der Waals surface area (Å²) in [5.41, 5.74) is 8.23. The highest BCUT2D eigenvalue weighted by Gasteiger charge is 2.18. The van der Waals surface area contributed by atoms with E-state index in [0.717, 1.165) is 13.0 Å². The smallest absolute Gasteiger partial charge is 0.254 e. The van der Waals surface area contributed by atoms with E-state index in [1.807, 2.05) is 4.90 Å². The lowest BCUT2D eigenvalue weighted by atomic mass is 10.1. The van der Waals surface area contributed by atoms with Gasteiger partial charge in [-0.2, -0.15) is 0 Å². The fraction of sp³-hybridized carbons (Fsp3) is 0.357. The van der Waals surface area contributed by atoms with E-state index in [-0.39, 0.29) is 5.91 Å². The van der Waals surface area contributed by atoms with Crippen molar-refractivity contribution in [2.24, 2.45) is 0 Å². The molecule has 18 heavy (non-hydrogen) atoms. The zero-order valence-electron chi connectivity index (χ0n) is 10.8. The van der Waals surface area contributed by atoms with Crippen molar-refractivity contribution in [2.45, 2.75) is 13.3 Å². The number of rotatable bonds is 2. The monoisotopic (exact) mass is 246 g/mol. The van der Waals surface area contributed by atoms with E-state index >= 15 is 0 Å². The van der Waals surface area contributed by atoms with Gasteiger partial charge in [0.25, 0.3) is 5.91 Å². The molecule has 2 rings (SSSR count). The Morgan fingerprint density at radius 2 is 2.17 bits per heavy atom. The zero-order valence-corrected chi connectivity index (χ0v) is 10.8. The molecule has 0 saturated carbocycles. The number of anilines is 1. The average Bonchev–Trinajstić information content (AvgIpc) is 2.38. The molecule has 0 fully saturated rings. The number of benzene rings is 1. The molecule has 1 heterocycles. The second kappa shape index (κ2) is 5.12. The zero-order chi connectivity index (χ0) is 13.1.